The van der Waals surface area contributed by atoms with E-state index in [0.717, 1.165) is 72.3 Å². The lowest BCUT2D eigenvalue weighted by Gasteiger charge is -2.54. The Labute approximate surface area is 161 Å². The van der Waals surface area contributed by atoms with Gasteiger partial charge in [-0.15, -0.1) is 0 Å². The van der Waals surface area contributed by atoms with Gasteiger partial charge < -0.3 is 11.5 Å². The van der Waals surface area contributed by atoms with Crippen LogP contribution in [0.1, 0.15) is 77.0 Å². The van der Waals surface area contributed by atoms with Crippen molar-refractivity contribution in [2.24, 2.45) is 70.6 Å². The molecule has 8 aliphatic rings. The van der Waals surface area contributed by atoms with E-state index in [1.807, 2.05) is 0 Å². The second-order valence-electron chi connectivity index (χ2n) is 11.3. The molecule has 148 valence electrons. The van der Waals surface area contributed by atoms with Crippen molar-refractivity contribution in [2.75, 3.05) is 13.1 Å². The molecule has 8 bridgehead atoms. The minimum absolute atomic E-state index is 0.924. The average Bonchev–Trinajstić information content (AvgIpc) is 2.61. The molecule has 0 aromatic carbocycles. The van der Waals surface area contributed by atoms with E-state index in [2.05, 4.69) is 0 Å². The van der Waals surface area contributed by atoms with Gasteiger partial charge in [0.1, 0.15) is 0 Å². The quantitative estimate of drug-likeness (QED) is 0.757. The lowest BCUT2D eigenvalue weighted by molar-refractivity contribution is -0.0385. The number of hydrogen-bond donors (Lipinski definition) is 2. The molecule has 26 heavy (non-hydrogen) atoms. The number of hydrogen-bond acceptors (Lipinski definition) is 2. The highest BCUT2D eigenvalue weighted by Gasteiger charge is 2.48. The van der Waals surface area contributed by atoms with Gasteiger partial charge in [-0.05, 0) is 149 Å². The van der Waals surface area contributed by atoms with Gasteiger partial charge in [0.25, 0.3) is 0 Å². The maximum atomic E-state index is 5.71. The third kappa shape index (κ3) is 3.28. The Morgan fingerprint density at radius 2 is 0.692 bits per heavy atom. The molecule has 8 aliphatic carbocycles. The Kier molecular flexibility index (Phi) is 5.11. The fourth-order valence-electron chi connectivity index (χ4n) is 9.40. The first kappa shape index (κ1) is 18.0. The van der Waals surface area contributed by atoms with Gasteiger partial charge in [-0.3, -0.25) is 0 Å². The van der Waals surface area contributed by atoms with Crippen LogP contribution in [0.3, 0.4) is 0 Å². The highest BCUT2D eigenvalue weighted by atomic mass is 14.6. The van der Waals surface area contributed by atoms with Crippen LogP contribution in [-0.2, 0) is 0 Å². The SMILES string of the molecule is NCCC1C2CC3CC(C2)CC1C3.NCCC1C2CC3CC(C2)CC1C3. The largest absolute Gasteiger partial charge is 0.330 e. The molecule has 0 spiro atoms. The van der Waals surface area contributed by atoms with Crippen LogP contribution in [0, 0.1) is 59.2 Å². The summed E-state index contributed by atoms with van der Waals surface area (Å²) in [5.41, 5.74) is 11.4. The Balaban J connectivity index is 0.000000115. The molecule has 2 heteroatoms. The third-order valence-electron chi connectivity index (χ3n) is 9.84. The molecule has 0 unspecified atom stereocenters. The monoisotopic (exact) mass is 358 g/mol. The van der Waals surface area contributed by atoms with Gasteiger partial charge in [0.2, 0.25) is 0 Å². The lowest BCUT2D eigenvalue weighted by Crippen LogP contribution is -2.45. The van der Waals surface area contributed by atoms with Crippen LogP contribution in [0.2, 0.25) is 0 Å². The van der Waals surface area contributed by atoms with E-state index in [4.69, 9.17) is 11.5 Å². The summed E-state index contributed by atoms with van der Waals surface area (Å²) in [6.45, 7) is 1.85. The van der Waals surface area contributed by atoms with Gasteiger partial charge >= 0.3 is 0 Å². The summed E-state index contributed by atoms with van der Waals surface area (Å²) in [4.78, 5) is 0. The number of rotatable bonds is 4. The van der Waals surface area contributed by atoms with E-state index in [1.165, 1.54) is 12.8 Å². The Morgan fingerprint density at radius 1 is 0.423 bits per heavy atom. The first-order chi connectivity index (χ1) is 12.7. The summed E-state index contributed by atoms with van der Waals surface area (Å²) in [6.07, 6.45) is 18.2. The molecule has 0 aromatic rings. The zero-order valence-electron chi connectivity index (χ0n) is 16.8. The fraction of sp³-hybridized carbons (Fsp3) is 1.00. The van der Waals surface area contributed by atoms with Crippen LogP contribution in [0.5, 0.6) is 0 Å². The topological polar surface area (TPSA) is 52.0 Å². The van der Waals surface area contributed by atoms with Crippen LogP contribution in [0.15, 0.2) is 0 Å². The first-order valence-corrected chi connectivity index (χ1v) is 12.1. The average molecular weight is 359 g/mol. The van der Waals surface area contributed by atoms with Crippen LogP contribution in [-0.4, -0.2) is 13.1 Å². The molecule has 4 N–H and O–H groups in total. The van der Waals surface area contributed by atoms with Crippen molar-refractivity contribution < 1.29 is 0 Å². The zero-order valence-corrected chi connectivity index (χ0v) is 16.8. The molecular weight excluding hydrogens is 316 g/mol. The standard InChI is InChI=1S/2C12H21N/c2*13-2-1-12-10-4-8-3-9(6-10)7-11(12)5-8/h2*8-12H,1-7,13H2. The van der Waals surface area contributed by atoms with E-state index in [0.29, 0.717) is 0 Å². The van der Waals surface area contributed by atoms with Gasteiger partial charge in [-0.1, -0.05) is 0 Å². The van der Waals surface area contributed by atoms with Gasteiger partial charge in [0, 0.05) is 0 Å². The third-order valence-corrected chi connectivity index (χ3v) is 9.84. The summed E-state index contributed by atoms with van der Waals surface area (Å²) in [7, 11) is 0. The zero-order chi connectivity index (χ0) is 17.7. The summed E-state index contributed by atoms with van der Waals surface area (Å²) >= 11 is 0. The highest BCUT2D eigenvalue weighted by molar-refractivity contribution is 4.99. The van der Waals surface area contributed by atoms with Crippen molar-refractivity contribution in [3.05, 3.63) is 0 Å². The van der Waals surface area contributed by atoms with Crippen molar-refractivity contribution in [3.8, 4) is 0 Å². The van der Waals surface area contributed by atoms with Crippen molar-refractivity contribution in [1.29, 1.82) is 0 Å². The summed E-state index contributed by atoms with van der Waals surface area (Å²) in [6, 6.07) is 0. The van der Waals surface area contributed by atoms with Gasteiger partial charge in [-0.25, -0.2) is 0 Å². The summed E-state index contributed by atoms with van der Waals surface area (Å²) in [5.74, 6) is 10.9. The van der Waals surface area contributed by atoms with E-state index in [-0.39, 0.29) is 0 Å². The predicted octanol–water partition coefficient (Wildman–Crippen LogP) is 4.82. The molecule has 2 nitrogen and oxygen atoms in total. The molecule has 0 saturated heterocycles. The molecule has 0 aromatic heterocycles. The Hall–Kier alpha value is -0.0800. The molecule has 8 saturated carbocycles. The molecule has 0 amide bonds. The fourth-order valence-corrected chi connectivity index (χ4v) is 9.40. The normalized spacial score (nSPS) is 52.8. The molecule has 8 rings (SSSR count). The van der Waals surface area contributed by atoms with Crippen molar-refractivity contribution in [3.63, 3.8) is 0 Å². The molecule has 0 aliphatic heterocycles. The smallest absolute Gasteiger partial charge is 0.00744 e. The van der Waals surface area contributed by atoms with Crippen molar-refractivity contribution >= 4 is 0 Å². The maximum absolute atomic E-state index is 5.71. The molecular formula is C24H42N2. The van der Waals surface area contributed by atoms with Crippen LogP contribution in [0.25, 0.3) is 0 Å². The van der Waals surface area contributed by atoms with Crippen LogP contribution in [0.4, 0.5) is 0 Å². The Bertz CT molecular complexity index is 387. The minimum Gasteiger partial charge on any atom is -0.330 e. The molecule has 8 fully saturated rings. The van der Waals surface area contributed by atoms with E-state index >= 15 is 0 Å². The van der Waals surface area contributed by atoms with E-state index < -0.39 is 0 Å². The van der Waals surface area contributed by atoms with E-state index in [1.54, 1.807) is 64.2 Å². The van der Waals surface area contributed by atoms with Gasteiger partial charge in [-0.2, -0.15) is 0 Å². The number of nitrogens with two attached hydrogens (primary N) is 2. The van der Waals surface area contributed by atoms with Crippen molar-refractivity contribution in [2.45, 2.75) is 77.0 Å². The Morgan fingerprint density at radius 3 is 0.923 bits per heavy atom. The molecule has 0 radical (unpaired) electrons. The van der Waals surface area contributed by atoms with Gasteiger partial charge in [0.05, 0.1) is 0 Å². The maximum Gasteiger partial charge on any atom is -0.00744 e. The van der Waals surface area contributed by atoms with Crippen LogP contribution < -0.4 is 11.5 Å². The summed E-state index contributed by atoms with van der Waals surface area (Å²) in [5, 5.41) is 0. The van der Waals surface area contributed by atoms with E-state index in [9.17, 15) is 0 Å². The first-order valence-electron chi connectivity index (χ1n) is 12.1. The second-order valence-corrected chi connectivity index (χ2v) is 11.3. The predicted molar refractivity (Wildman–Crippen MR) is 108 cm³/mol. The lowest BCUT2D eigenvalue weighted by atomic mass is 9.51. The summed E-state index contributed by atoms with van der Waals surface area (Å²) < 4.78 is 0. The highest BCUT2D eigenvalue weighted by Crippen LogP contribution is 2.58. The molecule has 0 heterocycles. The second kappa shape index (κ2) is 7.39. The van der Waals surface area contributed by atoms with Crippen molar-refractivity contribution in [1.82, 2.24) is 0 Å². The molecule has 0 atom stereocenters. The van der Waals surface area contributed by atoms with Gasteiger partial charge in [0.15, 0.2) is 0 Å². The van der Waals surface area contributed by atoms with Crippen LogP contribution >= 0.6 is 0 Å². The minimum atomic E-state index is 0.924.